The number of amides is 2. The highest BCUT2D eigenvalue weighted by atomic mass is 32.2. The Morgan fingerprint density at radius 2 is 1.83 bits per heavy atom. The zero-order valence-electron chi connectivity index (χ0n) is 14.6. The lowest BCUT2D eigenvalue weighted by molar-refractivity contribution is 0.118. The number of thioether (sulfide) groups is 1. The number of nitrogens with zero attached hydrogens (tertiary/aromatic N) is 2. The standard InChI is InChI=1S/C18H33N3OS/c1-15-4-9-20(10-5-15)13-16-3-2-8-21(14-16)18(22)19-17-6-11-23-12-7-17/h15-17H,2-14H2,1H3,(H,19,22). The summed E-state index contributed by atoms with van der Waals surface area (Å²) in [6.07, 6.45) is 7.42. The van der Waals surface area contributed by atoms with E-state index >= 15 is 0 Å². The summed E-state index contributed by atoms with van der Waals surface area (Å²) in [6, 6.07) is 0.603. The van der Waals surface area contributed by atoms with Crippen molar-refractivity contribution >= 4 is 17.8 Å². The quantitative estimate of drug-likeness (QED) is 0.858. The van der Waals surface area contributed by atoms with Gasteiger partial charge in [0.1, 0.15) is 0 Å². The van der Waals surface area contributed by atoms with Gasteiger partial charge in [0.15, 0.2) is 0 Å². The first-order valence-electron chi connectivity index (χ1n) is 9.56. The normalized spacial score (nSPS) is 28.7. The van der Waals surface area contributed by atoms with Crippen molar-refractivity contribution < 1.29 is 4.79 Å². The minimum atomic E-state index is 0.193. The first-order valence-corrected chi connectivity index (χ1v) is 10.7. The van der Waals surface area contributed by atoms with Crippen molar-refractivity contribution in [1.82, 2.24) is 15.1 Å². The molecule has 0 aromatic carbocycles. The Hall–Kier alpha value is -0.420. The molecule has 0 aromatic heterocycles. The summed E-state index contributed by atoms with van der Waals surface area (Å²) >= 11 is 2.01. The van der Waals surface area contributed by atoms with E-state index in [1.807, 2.05) is 11.8 Å². The summed E-state index contributed by atoms with van der Waals surface area (Å²) in [5.74, 6) is 3.96. The summed E-state index contributed by atoms with van der Waals surface area (Å²) < 4.78 is 0. The van der Waals surface area contributed by atoms with E-state index in [9.17, 15) is 4.79 Å². The highest BCUT2D eigenvalue weighted by Crippen LogP contribution is 2.22. The number of hydrogen-bond acceptors (Lipinski definition) is 3. The maximum absolute atomic E-state index is 12.5. The van der Waals surface area contributed by atoms with E-state index in [-0.39, 0.29) is 6.03 Å². The molecule has 132 valence electrons. The zero-order valence-corrected chi connectivity index (χ0v) is 15.5. The fourth-order valence-electron chi connectivity index (χ4n) is 4.12. The van der Waals surface area contributed by atoms with Crippen LogP contribution in [0.1, 0.15) is 45.4 Å². The van der Waals surface area contributed by atoms with Gasteiger partial charge >= 0.3 is 6.03 Å². The fourth-order valence-corrected chi connectivity index (χ4v) is 5.22. The van der Waals surface area contributed by atoms with Crippen molar-refractivity contribution in [1.29, 1.82) is 0 Å². The summed E-state index contributed by atoms with van der Waals surface area (Å²) in [6.45, 7) is 7.97. The van der Waals surface area contributed by atoms with Gasteiger partial charge in [-0.05, 0) is 75.0 Å². The summed E-state index contributed by atoms with van der Waals surface area (Å²) in [5, 5.41) is 3.28. The number of rotatable bonds is 3. The van der Waals surface area contributed by atoms with Crippen LogP contribution in [0.15, 0.2) is 0 Å². The van der Waals surface area contributed by atoms with Crippen LogP contribution in [0.3, 0.4) is 0 Å². The van der Waals surface area contributed by atoms with E-state index in [0.717, 1.165) is 31.8 Å². The minimum Gasteiger partial charge on any atom is -0.335 e. The lowest BCUT2D eigenvalue weighted by Gasteiger charge is -2.38. The Balaban J connectivity index is 1.42. The molecule has 0 radical (unpaired) electrons. The molecule has 0 aliphatic carbocycles. The minimum absolute atomic E-state index is 0.193. The first-order chi connectivity index (χ1) is 11.2. The van der Waals surface area contributed by atoms with E-state index in [1.165, 1.54) is 56.8 Å². The Morgan fingerprint density at radius 1 is 1.09 bits per heavy atom. The Kier molecular flexibility index (Phi) is 6.52. The van der Waals surface area contributed by atoms with Crippen LogP contribution in [0.5, 0.6) is 0 Å². The first kappa shape index (κ1) is 17.4. The second kappa shape index (κ2) is 8.61. The van der Waals surface area contributed by atoms with E-state index in [2.05, 4.69) is 22.0 Å². The Bertz CT molecular complexity index is 378. The third-order valence-electron chi connectivity index (χ3n) is 5.75. The second-order valence-corrected chi connectivity index (χ2v) is 9.00. The molecule has 3 aliphatic heterocycles. The van der Waals surface area contributed by atoms with E-state index in [0.29, 0.717) is 12.0 Å². The molecule has 23 heavy (non-hydrogen) atoms. The van der Waals surface area contributed by atoms with Crippen molar-refractivity contribution in [3.05, 3.63) is 0 Å². The van der Waals surface area contributed by atoms with Crippen LogP contribution in [-0.2, 0) is 0 Å². The molecular formula is C18H33N3OS. The molecule has 1 N–H and O–H groups in total. The molecule has 2 amide bonds. The predicted molar refractivity (Wildman–Crippen MR) is 98.0 cm³/mol. The molecule has 4 nitrogen and oxygen atoms in total. The second-order valence-electron chi connectivity index (χ2n) is 7.77. The molecule has 1 atom stereocenters. The van der Waals surface area contributed by atoms with Gasteiger partial charge in [-0.3, -0.25) is 0 Å². The number of likely N-dealkylation sites (tertiary alicyclic amines) is 2. The predicted octanol–water partition coefficient (Wildman–Crippen LogP) is 3.04. The van der Waals surface area contributed by atoms with Crippen molar-refractivity contribution in [2.24, 2.45) is 11.8 Å². The van der Waals surface area contributed by atoms with E-state index in [1.54, 1.807) is 0 Å². The number of nitrogens with one attached hydrogen (secondary N) is 1. The molecule has 5 heteroatoms. The molecule has 0 aromatic rings. The number of piperidine rings is 2. The van der Waals surface area contributed by atoms with Gasteiger partial charge in [0.05, 0.1) is 0 Å². The Morgan fingerprint density at radius 3 is 2.57 bits per heavy atom. The van der Waals surface area contributed by atoms with Crippen LogP contribution >= 0.6 is 11.8 Å². The lowest BCUT2D eigenvalue weighted by atomic mass is 9.94. The molecule has 3 aliphatic rings. The number of carbonyl (C=O) groups is 1. The largest absolute Gasteiger partial charge is 0.335 e. The van der Waals surface area contributed by atoms with Crippen LogP contribution in [-0.4, -0.2) is 66.1 Å². The van der Waals surface area contributed by atoms with Crippen molar-refractivity contribution in [3.63, 3.8) is 0 Å². The average Bonchev–Trinajstić information content (AvgIpc) is 2.58. The smallest absolute Gasteiger partial charge is 0.317 e. The molecule has 3 rings (SSSR count). The van der Waals surface area contributed by atoms with Gasteiger partial charge in [0.2, 0.25) is 0 Å². The third-order valence-corrected chi connectivity index (χ3v) is 6.80. The summed E-state index contributed by atoms with van der Waals surface area (Å²) in [4.78, 5) is 17.3. The van der Waals surface area contributed by atoms with Crippen molar-refractivity contribution in [3.8, 4) is 0 Å². The van der Waals surface area contributed by atoms with Gasteiger partial charge < -0.3 is 15.1 Å². The van der Waals surface area contributed by atoms with E-state index in [4.69, 9.17) is 0 Å². The highest BCUT2D eigenvalue weighted by Gasteiger charge is 2.27. The van der Waals surface area contributed by atoms with Crippen molar-refractivity contribution in [2.75, 3.05) is 44.2 Å². The summed E-state index contributed by atoms with van der Waals surface area (Å²) in [5.41, 5.74) is 0. The summed E-state index contributed by atoms with van der Waals surface area (Å²) in [7, 11) is 0. The van der Waals surface area contributed by atoms with Gasteiger partial charge in [0.25, 0.3) is 0 Å². The fraction of sp³-hybridized carbons (Fsp3) is 0.944. The molecule has 1 unspecified atom stereocenters. The third kappa shape index (κ3) is 5.28. The maximum atomic E-state index is 12.5. The number of urea groups is 1. The van der Waals surface area contributed by atoms with Crippen LogP contribution < -0.4 is 5.32 Å². The molecule has 3 saturated heterocycles. The average molecular weight is 340 g/mol. The topological polar surface area (TPSA) is 35.6 Å². The van der Waals surface area contributed by atoms with Crippen LogP contribution in [0, 0.1) is 11.8 Å². The van der Waals surface area contributed by atoms with Crippen LogP contribution in [0.2, 0.25) is 0 Å². The van der Waals surface area contributed by atoms with Gasteiger partial charge in [0, 0.05) is 25.7 Å². The van der Waals surface area contributed by atoms with E-state index < -0.39 is 0 Å². The Labute approximate surface area is 145 Å². The number of hydrogen-bond donors (Lipinski definition) is 1. The van der Waals surface area contributed by atoms with Crippen LogP contribution in [0.25, 0.3) is 0 Å². The van der Waals surface area contributed by atoms with Crippen molar-refractivity contribution in [2.45, 2.75) is 51.5 Å². The van der Waals surface area contributed by atoms with Gasteiger partial charge in [-0.25, -0.2) is 4.79 Å². The monoisotopic (exact) mass is 339 g/mol. The molecule has 0 spiro atoms. The van der Waals surface area contributed by atoms with Gasteiger partial charge in [-0.1, -0.05) is 6.92 Å². The van der Waals surface area contributed by atoms with Gasteiger partial charge in [-0.15, -0.1) is 0 Å². The van der Waals surface area contributed by atoms with Crippen LogP contribution in [0.4, 0.5) is 4.79 Å². The maximum Gasteiger partial charge on any atom is 0.317 e. The molecule has 0 bridgehead atoms. The zero-order chi connectivity index (χ0) is 16.1. The molecule has 0 saturated carbocycles. The number of carbonyl (C=O) groups excluding carboxylic acids is 1. The lowest BCUT2D eigenvalue weighted by Crippen LogP contribution is -2.51. The van der Waals surface area contributed by atoms with Gasteiger partial charge in [-0.2, -0.15) is 11.8 Å². The molecule has 3 fully saturated rings. The molecular weight excluding hydrogens is 306 g/mol. The highest BCUT2D eigenvalue weighted by molar-refractivity contribution is 7.99. The molecule has 3 heterocycles. The SMILES string of the molecule is CC1CCN(CC2CCCN(C(=O)NC3CCSCC3)C2)CC1.